The second-order valence-corrected chi connectivity index (χ2v) is 7.15. The summed E-state index contributed by atoms with van der Waals surface area (Å²) in [5.41, 5.74) is 2.40. The number of unbranched alkanes of at least 4 members (excludes halogenated alkanes) is 2. The lowest BCUT2D eigenvalue weighted by Gasteiger charge is -2.28. The van der Waals surface area contributed by atoms with Crippen molar-refractivity contribution in [3.63, 3.8) is 0 Å². The molecule has 0 bridgehead atoms. The van der Waals surface area contributed by atoms with Crippen LogP contribution in [0.2, 0.25) is 0 Å². The summed E-state index contributed by atoms with van der Waals surface area (Å²) in [6.45, 7) is 4.30. The molecule has 0 aliphatic carbocycles. The van der Waals surface area contributed by atoms with E-state index in [9.17, 15) is 4.79 Å². The molecule has 0 radical (unpaired) electrons. The van der Waals surface area contributed by atoms with Gasteiger partial charge in [0.1, 0.15) is 0 Å². The highest BCUT2D eigenvalue weighted by Gasteiger charge is 2.10. The summed E-state index contributed by atoms with van der Waals surface area (Å²) in [5, 5.41) is 5.80. The molecule has 0 atom stereocenters. The van der Waals surface area contributed by atoms with Gasteiger partial charge in [0.2, 0.25) is 0 Å². The van der Waals surface area contributed by atoms with Crippen LogP contribution in [0.25, 0.3) is 0 Å². The lowest BCUT2D eigenvalue weighted by atomic mass is 10.2. The van der Waals surface area contributed by atoms with Crippen LogP contribution in [0.4, 0.5) is 10.5 Å². The van der Waals surface area contributed by atoms with Crippen LogP contribution in [0, 0.1) is 0 Å². The molecule has 1 heterocycles. The highest BCUT2D eigenvalue weighted by atomic mass is 32.2. The quantitative estimate of drug-likeness (QED) is 0.672. The number of carbonyl (C=O) groups is 1. The maximum Gasteiger partial charge on any atom is 0.315 e. The van der Waals surface area contributed by atoms with Crippen molar-refractivity contribution in [1.29, 1.82) is 0 Å². The standard InChI is InChI=1S/C18H29N3O2S/c1-23-12-4-2-3-9-19-18(22)20-15-16-5-7-17(8-6-16)21-10-13-24-14-11-21/h5-8H,2-4,9-15H2,1H3,(H2,19,20,22). The number of ether oxygens (including phenoxy) is 1. The third kappa shape index (κ3) is 7.01. The van der Waals surface area contributed by atoms with E-state index in [4.69, 9.17) is 4.74 Å². The molecule has 2 N–H and O–H groups in total. The van der Waals surface area contributed by atoms with Gasteiger partial charge in [-0.05, 0) is 37.0 Å². The summed E-state index contributed by atoms with van der Waals surface area (Å²) in [6.07, 6.45) is 3.10. The lowest BCUT2D eigenvalue weighted by Crippen LogP contribution is -2.35. The zero-order valence-corrected chi connectivity index (χ0v) is 15.4. The van der Waals surface area contributed by atoms with Crippen LogP contribution >= 0.6 is 11.8 Å². The fraction of sp³-hybridized carbons (Fsp3) is 0.611. The Morgan fingerprint density at radius 3 is 2.58 bits per heavy atom. The number of carbonyl (C=O) groups excluding carboxylic acids is 1. The van der Waals surface area contributed by atoms with Gasteiger partial charge in [-0.3, -0.25) is 0 Å². The van der Waals surface area contributed by atoms with Crippen molar-refractivity contribution in [2.24, 2.45) is 0 Å². The van der Waals surface area contributed by atoms with Gasteiger partial charge in [0, 0.05) is 57.1 Å². The Hall–Kier alpha value is -1.40. The number of nitrogens with zero attached hydrogens (tertiary/aromatic N) is 1. The Morgan fingerprint density at radius 1 is 1.12 bits per heavy atom. The minimum absolute atomic E-state index is 0.0983. The van der Waals surface area contributed by atoms with E-state index in [1.165, 1.54) is 17.2 Å². The molecule has 0 aromatic heterocycles. The van der Waals surface area contributed by atoms with Gasteiger partial charge in [-0.2, -0.15) is 11.8 Å². The monoisotopic (exact) mass is 351 g/mol. The molecule has 6 heteroatoms. The van der Waals surface area contributed by atoms with E-state index in [-0.39, 0.29) is 6.03 Å². The van der Waals surface area contributed by atoms with Crippen LogP contribution in [0.5, 0.6) is 0 Å². The van der Waals surface area contributed by atoms with E-state index in [0.29, 0.717) is 13.1 Å². The SMILES string of the molecule is COCCCCCNC(=O)NCc1ccc(N2CCSCC2)cc1. The zero-order chi connectivity index (χ0) is 17.0. The summed E-state index contributed by atoms with van der Waals surface area (Å²) < 4.78 is 5.00. The lowest BCUT2D eigenvalue weighted by molar-refractivity contribution is 0.192. The minimum atomic E-state index is -0.0983. The number of nitrogens with one attached hydrogen (secondary N) is 2. The van der Waals surface area contributed by atoms with E-state index in [0.717, 1.165) is 44.5 Å². The molecule has 2 amide bonds. The Morgan fingerprint density at radius 2 is 1.88 bits per heavy atom. The first-order chi connectivity index (χ1) is 11.8. The molecule has 0 unspecified atom stereocenters. The molecule has 1 saturated heterocycles. The fourth-order valence-corrected chi connectivity index (χ4v) is 3.54. The molecule has 1 aliphatic rings. The van der Waals surface area contributed by atoms with Crippen molar-refractivity contribution in [3.8, 4) is 0 Å². The van der Waals surface area contributed by atoms with Crippen LogP contribution in [0.3, 0.4) is 0 Å². The number of urea groups is 1. The predicted molar refractivity (Wildman–Crippen MR) is 102 cm³/mol. The van der Waals surface area contributed by atoms with Gasteiger partial charge >= 0.3 is 6.03 Å². The number of hydrogen-bond donors (Lipinski definition) is 2. The topological polar surface area (TPSA) is 53.6 Å². The molecule has 134 valence electrons. The Kier molecular flexibility index (Phi) is 8.84. The molecule has 5 nitrogen and oxygen atoms in total. The number of amides is 2. The number of rotatable bonds is 9. The van der Waals surface area contributed by atoms with Crippen LogP contribution in [0.15, 0.2) is 24.3 Å². The number of hydrogen-bond acceptors (Lipinski definition) is 4. The zero-order valence-electron chi connectivity index (χ0n) is 14.6. The van der Waals surface area contributed by atoms with Gasteiger partial charge in [0.25, 0.3) is 0 Å². The highest BCUT2D eigenvalue weighted by Crippen LogP contribution is 2.19. The molecule has 0 saturated carbocycles. The van der Waals surface area contributed by atoms with Gasteiger partial charge < -0.3 is 20.3 Å². The van der Waals surface area contributed by atoms with E-state index in [1.807, 2.05) is 11.8 Å². The third-order valence-corrected chi connectivity index (χ3v) is 5.02. The third-order valence-electron chi connectivity index (χ3n) is 4.08. The van der Waals surface area contributed by atoms with Crippen molar-refractivity contribution in [2.75, 3.05) is 49.8 Å². The minimum Gasteiger partial charge on any atom is -0.385 e. The number of benzene rings is 1. The number of thioether (sulfide) groups is 1. The first kappa shape index (κ1) is 18.9. The summed E-state index contributed by atoms with van der Waals surface area (Å²) in [7, 11) is 1.71. The van der Waals surface area contributed by atoms with Crippen molar-refractivity contribution in [2.45, 2.75) is 25.8 Å². The Labute approximate surface area is 149 Å². The van der Waals surface area contributed by atoms with Crippen LogP contribution in [-0.4, -0.2) is 50.9 Å². The molecular weight excluding hydrogens is 322 g/mol. The average Bonchev–Trinajstić information content (AvgIpc) is 2.64. The van der Waals surface area contributed by atoms with Gasteiger partial charge in [-0.15, -0.1) is 0 Å². The highest BCUT2D eigenvalue weighted by molar-refractivity contribution is 7.99. The van der Waals surface area contributed by atoms with E-state index < -0.39 is 0 Å². The molecule has 1 aromatic carbocycles. The Balaban J connectivity index is 1.62. The molecule has 0 spiro atoms. The normalized spacial score (nSPS) is 14.5. The summed E-state index contributed by atoms with van der Waals surface area (Å²) in [6, 6.07) is 8.41. The van der Waals surface area contributed by atoms with Crippen LogP contribution in [0.1, 0.15) is 24.8 Å². The maximum absolute atomic E-state index is 11.8. The summed E-state index contributed by atoms with van der Waals surface area (Å²) in [5.74, 6) is 2.41. The molecule has 1 fully saturated rings. The largest absolute Gasteiger partial charge is 0.385 e. The maximum atomic E-state index is 11.8. The smallest absolute Gasteiger partial charge is 0.315 e. The number of anilines is 1. The first-order valence-corrected chi connectivity index (χ1v) is 9.87. The molecule has 24 heavy (non-hydrogen) atoms. The van der Waals surface area contributed by atoms with Gasteiger partial charge in [-0.25, -0.2) is 4.79 Å². The van der Waals surface area contributed by atoms with Crippen molar-refractivity contribution >= 4 is 23.5 Å². The number of methoxy groups -OCH3 is 1. The average molecular weight is 352 g/mol. The predicted octanol–water partition coefficient (Wildman–Crippen LogP) is 2.86. The first-order valence-electron chi connectivity index (χ1n) is 8.72. The van der Waals surface area contributed by atoms with Gasteiger partial charge in [0.15, 0.2) is 0 Å². The second kappa shape index (κ2) is 11.2. The van der Waals surface area contributed by atoms with Crippen molar-refractivity contribution in [3.05, 3.63) is 29.8 Å². The fourth-order valence-electron chi connectivity index (χ4n) is 2.64. The van der Waals surface area contributed by atoms with Crippen LogP contribution in [-0.2, 0) is 11.3 Å². The molecule has 2 rings (SSSR count). The van der Waals surface area contributed by atoms with Gasteiger partial charge in [-0.1, -0.05) is 12.1 Å². The van der Waals surface area contributed by atoms with E-state index in [1.54, 1.807) is 7.11 Å². The molecule has 1 aromatic rings. The van der Waals surface area contributed by atoms with E-state index in [2.05, 4.69) is 39.8 Å². The van der Waals surface area contributed by atoms with Crippen molar-refractivity contribution < 1.29 is 9.53 Å². The van der Waals surface area contributed by atoms with Crippen molar-refractivity contribution in [1.82, 2.24) is 10.6 Å². The molecular formula is C18H29N3O2S. The summed E-state index contributed by atoms with van der Waals surface area (Å²) >= 11 is 2.02. The van der Waals surface area contributed by atoms with E-state index >= 15 is 0 Å². The van der Waals surface area contributed by atoms with Gasteiger partial charge in [0.05, 0.1) is 0 Å². The second-order valence-electron chi connectivity index (χ2n) is 5.93. The van der Waals surface area contributed by atoms with Crippen LogP contribution < -0.4 is 15.5 Å². The summed E-state index contributed by atoms with van der Waals surface area (Å²) in [4.78, 5) is 14.2. The Bertz CT molecular complexity index is 476. The molecule has 1 aliphatic heterocycles.